The zero-order valence-corrected chi connectivity index (χ0v) is 56.8. The van der Waals surface area contributed by atoms with E-state index in [2.05, 4.69) is 332 Å². The fraction of sp³-hybridized carbons (Fsp3) is 0.143. The number of benzene rings is 14. The minimum atomic E-state index is -0.599. The molecule has 0 unspecified atom stereocenters. The molecule has 3 nitrogen and oxygen atoms in total. The third kappa shape index (κ3) is 8.93. The summed E-state index contributed by atoms with van der Waals surface area (Å²) in [4.78, 5) is 5.03. The smallest absolute Gasteiger partial charge is 0.264 e. The third-order valence-corrected chi connectivity index (χ3v) is 21.9. The lowest BCUT2D eigenvalue weighted by atomic mass is 9.36. The fourth-order valence-corrected chi connectivity index (χ4v) is 17.2. The number of hydrogen-bond donors (Lipinski definition) is 0. The van der Waals surface area contributed by atoms with Gasteiger partial charge in [-0.15, -0.1) is 11.3 Å². The third-order valence-electron chi connectivity index (χ3n) is 20.7. The molecule has 96 heavy (non-hydrogen) atoms. The van der Waals surface area contributed by atoms with E-state index in [4.69, 9.17) is 0 Å². The van der Waals surface area contributed by atoms with E-state index < -0.39 is 6.71 Å². The molecule has 0 radical (unpaired) electrons. The van der Waals surface area contributed by atoms with Crippen LogP contribution in [0.5, 0.6) is 0 Å². The minimum absolute atomic E-state index is 0.00871. The maximum atomic E-state index is 11.8. The van der Waals surface area contributed by atoms with Crippen molar-refractivity contribution in [3.8, 4) is 50.2 Å². The molecular formula is C91H74BN3S. The summed E-state index contributed by atoms with van der Waals surface area (Å²) in [5.74, 6) is 0. The first-order valence-electron chi connectivity index (χ1n) is 35.4. The van der Waals surface area contributed by atoms with Gasteiger partial charge in [0, 0.05) is 76.0 Å². The van der Waals surface area contributed by atoms with Crippen molar-refractivity contribution >= 4 is 132 Å². The molecular weight excluding hydrogens is 1180 g/mol. The molecule has 16 aromatic rings. The summed E-state index contributed by atoms with van der Waals surface area (Å²) in [6, 6.07) is 91.6. The van der Waals surface area contributed by atoms with Gasteiger partial charge in [0.25, 0.3) is 6.71 Å². The Morgan fingerprint density at radius 2 is 0.875 bits per heavy atom. The summed E-state index contributed by atoms with van der Waals surface area (Å²) in [5, 5.41) is 10.0. The lowest BCUT2D eigenvalue weighted by Gasteiger charge is -2.45. The zero-order chi connectivity index (χ0) is 67.9. The maximum Gasteiger partial charge on any atom is 0.264 e. The molecule has 0 spiro atoms. The van der Waals surface area contributed by atoms with Gasteiger partial charge in [-0.05, 0) is 172 Å². The van der Waals surface area contributed by atoms with Crippen molar-refractivity contribution in [3.63, 3.8) is 0 Å². The van der Waals surface area contributed by atoms with Gasteiger partial charge in [-0.1, -0.05) is 262 Å². The van der Waals surface area contributed by atoms with Crippen LogP contribution in [0.2, 0.25) is 0 Å². The molecule has 0 N–H and O–H groups in total. The van der Waals surface area contributed by atoms with Crippen molar-refractivity contribution < 1.29 is 4.11 Å². The summed E-state index contributed by atoms with van der Waals surface area (Å²) >= 11 is 1.81. The van der Waals surface area contributed by atoms with Crippen LogP contribution in [0.15, 0.2) is 267 Å². The molecule has 2 aliphatic heterocycles. The van der Waals surface area contributed by atoms with Crippen molar-refractivity contribution in [2.24, 2.45) is 0 Å². The first kappa shape index (κ1) is 54.9. The number of para-hydroxylation sites is 1. The van der Waals surface area contributed by atoms with Gasteiger partial charge < -0.3 is 14.4 Å². The van der Waals surface area contributed by atoms with Gasteiger partial charge in [-0.25, -0.2) is 0 Å². The molecule has 0 bridgehead atoms. The fourth-order valence-electron chi connectivity index (χ4n) is 15.9. The molecule has 5 heteroatoms. The molecule has 18 rings (SSSR count). The van der Waals surface area contributed by atoms with Gasteiger partial charge in [-0.3, -0.25) is 0 Å². The Kier molecular flexibility index (Phi) is 12.2. The Labute approximate surface area is 571 Å². The van der Waals surface area contributed by atoms with E-state index in [1.165, 1.54) is 22.1 Å². The summed E-state index contributed by atoms with van der Waals surface area (Å²) in [7, 11) is 0. The van der Waals surface area contributed by atoms with Crippen LogP contribution in [0.25, 0.3) is 114 Å². The monoisotopic (exact) mass is 1250 g/mol. The van der Waals surface area contributed by atoms with Crippen molar-refractivity contribution in [1.82, 2.24) is 4.57 Å². The predicted molar refractivity (Wildman–Crippen MR) is 416 cm³/mol. The zero-order valence-electron chi connectivity index (χ0n) is 59.0. The van der Waals surface area contributed by atoms with Crippen LogP contribution in [-0.2, 0) is 16.2 Å². The van der Waals surface area contributed by atoms with Gasteiger partial charge in [0.15, 0.2) is 0 Å². The Morgan fingerprint density at radius 3 is 1.43 bits per heavy atom. The molecule has 2 aromatic heterocycles. The highest BCUT2D eigenvalue weighted by Crippen LogP contribution is 2.57. The van der Waals surface area contributed by atoms with Gasteiger partial charge in [0.1, 0.15) is 0 Å². The Bertz CT molecular complexity index is 5900. The maximum absolute atomic E-state index is 11.8. The molecule has 0 atom stereocenters. The SMILES string of the molecule is [2H]c1c([2H])c(-n2c3ccccc3c3cc4ccc5cccc6ccc(c4c56)c32)c([2H])c2c1B1c3sc4cc(C(C)(C)C)ccc4c3N(c3c(-c4ccccc4)cc(C(C)(C)C)cc3-c3ccccc3)c3cc(C)cc(c31)N2c1c(-c2ccccc2)cc(C(C)(C)C)cc1-c1ccccc1. The first-order valence-corrected chi connectivity index (χ1v) is 34.7. The van der Waals surface area contributed by atoms with E-state index >= 15 is 0 Å². The van der Waals surface area contributed by atoms with Gasteiger partial charge >= 0.3 is 0 Å². The molecule has 4 heterocycles. The van der Waals surface area contributed by atoms with Crippen LogP contribution in [0.3, 0.4) is 0 Å². The van der Waals surface area contributed by atoms with Crippen LogP contribution in [-0.4, -0.2) is 11.3 Å². The van der Waals surface area contributed by atoms with E-state index in [1.807, 2.05) is 11.3 Å². The number of rotatable bonds is 7. The number of thiophene rings is 1. The first-order chi connectivity index (χ1) is 47.7. The van der Waals surface area contributed by atoms with Crippen LogP contribution >= 0.6 is 11.3 Å². The lowest BCUT2D eigenvalue weighted by Crippen LogP contribution is -2.60. The second-order valence-electron chi connectivity index (χ2n) is 29.9. The van der Waals surface area contributed by atoms with Crippen molar-refractivity contribution in [1.29, 1.82) is 0 Å². The molecule has 0 fully saturated rings. The molecule has 14 aromatic carbocycles. The number of hydrogen-bond acceptors (Lipinski definition) is 3. The Morgan fingerprint density at radius 1 is 0.385 bits per heavy atom. The highest BCUT2D eigenvalue weighted by atomic mass is 32.1. The Balaban J connectivity index is 1.05. The molecule has 0 saturated carbocycles. The molecule has 0 saturated heterocycles. The van der Waals surface area contributed by atoms with Crippen molar-refractivity contribution in [2.75, 3.05) is 9.80 Å². The lowest BCUT2D eigenvalue weighted by molar-refractivity contribution is 0.590. The molecule has 2 aliphatic rings. The highest BCUT2D eigenvalue weighted by Gasteiger charge is 2.47. The van der Waals surface area contributed by atoms with Crippen LogP contribution in [0.4, 0.5) is 34.1 Å². The van der Waals surface area contributed by atoms with Crippen LogP contribution < -0.4 is 25.5 Å². The summed E-state index contributed by atoms with van der Waals surface area (Å²) in [6.45, 7) is 22.3. The van der Waals surface area contributed by atoms with E-state index in [1.54, 1.807) is 0 Å². The minimum Gasteiger partial charge on any atom is -0.310 e. The summed E-state index contributed by atoms with van der Waals surface area (Å²) < 4.78 is 38.8. The number of aromatic nitrogens is 1. The van der Waals surface area contributed by atoms with Crippen LogP contribution in [0, 0.1) is 6.92 Å². The standard InChI is InChI=1S/C91H74BN3S/c1-55-46-78-83-79(47-55)95(86-72(58-30-19-13-20-31-58)51-65(91(8,9)10)52-73(86)59-32-21-14-22-33-59)87-68-44-41-63(89(2,3)4)53-80(68)96-88(87)92(83)75-45-42-66(93-76-37-24-23-36-67(76)74-48-62-39-38-60-34-25-35-61-40-43-69(84(74)93)82(62)81(60)61)54-77(75)94(78)85-70(56-26-15-11-16-27-56)49-64(90(5,6)7)50-71(85)57-28-17-12-18-29-57/h11-54H,1-10H3/i42D,45D,54D. The van der Waals surface area contributed by atoms with Gasteiger partial charge in [0.2, 0.25) is 0 Å². The number of fused-ring (bicyclic) bond motifs is 10. The normalized spacial score (nSPS) is 13.7. The van der Waals surface area contributed by atoms with Crippen molar-refractivity contribution in [3.05, 3.63) is 289 Å². The largest absolute Gasteiger partial charge is 0.310 e. The summed E-state index contributed by atoms with van der Waals surface area (Å²) in [5.41, 5.74) is 21.9. The number of aryl methyl sites for hydroxylation is 1. The quantitative estimate of drug-likeness (QED) is 0.116. The Hall–Kier alpha value is -10.5. The topological polar surface area (TPSA) is 11.4 Å². The average molecular weight is 1260 g/mol. The van der Waals surface area contributed by atoms with Gasteiger partial charge in [-0.2, -0.15) is 0 Å². The average Bonchev–Trinajstić information content (AvgIpc) is 1.67. The van der Waals surface area contributed by atoms with Gasteiger partial charge in [0.05, 0.1) is 32.2 Å². The predicted octanol–water partition coefficient (Wildman–Crippen LogP) is 23.8. The second kappa shape index (κ2) is 21.3. The number of anilines is 6. The van der Waals surface area contributed by atoms with E-state index in [9.17, 15) is 4.11 Å². The van der Waals surface area contributed by atoms with E-state index in [0.717, 1.165) is 148 Å². The summed E-state index contributed by atoms with van der Waals surface area (Å²) in [6.07, 6.45) is 0. The second-order valence-corrected chi connectivity index (χ2v) is 31.0. The van der Waals surface area contributed by atoms with Crippen molar-refractivity contribution in [2.45, 2.75) is 85.5 Å². The molecule has 0 aliphatic carbocycles. The molecule has 0 amide bonds. The van der Waals surface area contributed by atoms with Crippen LogP contribution in [0.1, 0.15) is 88.7 Å². The highest BCUT2D eigenvalue weighted by molar-refractivity contribution is 7.33. The van der Waals surface area contributed by atoms with E-state index in [-0.39, 0.29) is 34.4 Å². The van der Waals surface area contributed by atoms with E-state index in [0.29, 0.717) is 16.8 Å². The molecule has 462 valence electrons. The number of nitrogens with zero attached hydrogens (tertiary/aromatic N) is 3.